The number of aromatic nitrogens is 2. The highest BCUT2D eigenvalue weighted by Crippen LogP contribution is 2.21. The monoisotopic (exact) mass is 276 g/mol. The molecule has 0 spiro atoms. The highest BCUT2D eigenvalue weighted by atomic mass is 15.4. The molecule has 21 heavy (non-hydrogen) atoms. The van der Waals surface area contributed by atoms with Crippen molar-refractivity contribution >= 4 is 22.7 Å². The van der Waals surface area contributed by atoms with Crippen LogP contribution in [0.4, 0.5) is 5.95 Å². The molecule has 1 aliphatic rings. The molecule has 1 aromatic heterocycles. The molecule has 4 nitrogen and oxygen atoms in total. The van der Waals surface area contributed by atoms with Crippen molar-refractivity contribution < 1.29 is 0 Å². The van der Waals surface area contributed by atoms with Gasteiger partial charge in [-0.15, -0.1) is 0 Å². The van der Waals surface area contributed by atoms with E-state index >= 15 is 0 Å². The summed E-state index contributed by atoms with van der Waals surface area (Å²) in [6, 6.07) is 16.6. The number of imidazole rings is 1. The van der Waals surface area contributed by atoms with Gasteiger partial charge in [0.2, 0.25) is 5.95 Å². The van der Waals surface area contributed by atoms with Crippen molar-refractivity contribution in [3.8, 4) is 0 Å². The largest absolute Gasteiger partial charge is 0.312 e. The van der Waals surface area contributed by atoms with Gasteiger partial charge in [-0.3, -0.25) is 0 Å². The second-order valence-electron chi connectivity index (χ2n) is 5.40. The number of benzene rings is 2. The molecule has 2 aromatic carbocycles. The average Bonchev–Trinajstić information content (AvgIpc) is 3.07. The number of hydrogen-bond donors (Lipinski definition) is 1. The summed E-state index contributed by atoms with van der Waals surface area (Å²) in [5.74, 6) is 0.777. The van der Waals surface area contributed by atoms with E-state index in [1.165, 1.54) is 11.1 Å². The van der Waals surface area contributed by atoms with Crippen LogP contribution in [-0.2, 0) is 19.9 Å². The topological polar surface area (TPSA) is 42.2 Å². The summed E-state index contributed by atoms with van der Waals surface area (Å²) in [6.07, 6.45) is 1.85. The number of fused-ring (bicyclic) bond motifs is 2. The van der Waals surface area contributed by atoms with Gasteiger partial charge in [0, 0.05) is 25.6 Å². The summed E-state index contributed by atoms with van der Waals surface area (Å²) in [6.45, 7) is 0. The van der Waals surface area contributed by atoms with Gasteiger partial charge >= 0.3 is 0 Å². The van der Waals surface area contributed by atoms with Crippen molar-refractivity contribution in [2.24, 2.45) is 12.1 Å². The standard InChI is InChI=1S/C17H16N4/c1-21-16-9-5-4-8-15(16)18-17(21)20-19-14-10-12-6-2-3-7-13(12)11-14/h2-9H,10-11H2,1H3,(H,18,20). The maximum absolute atomic E-state index is 4.57. The Kier molecular flexibility index (Phi) is 2.74. The number of nitrogens with one attached hydrogen (secondary N) is 1. The lowest BCUT2D eigenvalue weighted by atomic mass is 10.1. The highest BCUT2D eigenvalue weighted by Gasteiger charge is 2.16. The van der Waals surface area contributed by atoms with E-state index in [0.717, 1.165) is 35.5 Å². The van der Waals surface area contributed by atoms with Gasteiger partial charge in [-0.25, -0.2) is 10.4 Å². The number of hydrazone groups is 1. The van der Waals surface area contributed by atoms with Crippen LogP contribution in [-0.4, -0.2) is 15.3 Å². The van der Waals surface area contributed by atoms with E-state index in [4.69, 9.17) is 0 Å². The fourth-order valence-corrected chi connectivity index (χ4v) is 2.86. The molecule has 0 fully saturated rings. The van der Waals surface area contributed by atoms with Gasteiger partial charge in [-0.2, -0.15) is 5.10 Å². The molecule has 3 aromatic rings. The van der Waals surface area contributed by atoms with Crippen molar-refractivity contribution in [3.05, 3.63) is 59.7 Å². The molecule has 0 bridgehead atoms. The molecule has 1 aliphatic carbocycles. The van der Waals surface area contributed by atoms with Crippen LogP contribution >= 0.6 is 0 Å². The van der Waals surface area contributed by atoms with Crippen LogP contribution < -0.4 is 5.43 Å². The first-order valence-corrected chi connectivity index (χ1v) is 7.11. The molecule has 1 heterocycles. The summed E-state index contributed by atoms with van der Waals surface area (Å²) in [5, 5.41) is 4.55. The van der Waals surface area contributed by atoms with Crippen LogP contribution in [0.15, 0.2) is 53.6 Å². The maximum atomic E-state index is 4.57. The Labute approximate surface area is 123 Å². The summed E-state index contributed by atoms with van der Waals surface area (Å²) in [4.78, 5) is 4.57. The number of hydrogen-bond acceptors (Lipinski definition) is 3. The molecule has 0 amide bonds. The zero-order valence-electron chi connectivity index (χ0n) is 11.9. The Morgan fingerprint density at radius 3 is 2.38 bits per heavy atom. The van der Waals surface area contributed by atoms with Crippen LogP contribution in [0.25, 0.3) is 11.0 Å². The Bertz CT molecular complexity index is 818. The molecule has 0 saturated heterocycles. The highest BCUT2D eigenvalue weighted by molar-refractivity contribution is 5.93. The Morgan fingerprint density at radius 1 is 1.00 bits per heavy atom. The van der Waals surface area contributed by atoms with Crippen molar-refractivity contribution in [2.75, 3.05) is 5.43 Å². The minimum Gasteiger partial charge on any atom is -0.312 e. The third kappa shape index (κ3) is 2.09. The van der Waals surface area contributed by atoms with Crippen LogP contribution in [0.1, 0.15) is 11.1 Å². The normalized spacial score (nSPS) is 13.5. The molecule has 0 unspecified atom stereocenters. The summed E-state index contributed by atoms with van der Waals surface area (Å²) in [7, 11) is 2.00. The van der Waals surface area contributed by atoms with Crippen molar-refractivity contribution in [1.29, 1.82) is 0 Å². The minimum absolute atomic E-state index is 0.777. The number of nitrogens with zero attached hydrogens (tertiary/aromatic N) is 3. The van der Waals surface area contributed by atoms with E-state index < -0.39 is 0 Å². The van der Waals surface area contributed by atoms with E-state index in [1.54, 1.807) is 0 Å². The second-order valence-corrected chi connectivity index (χ2v) is 5.40. The van der Waals surface area contributed by atoms with E-state index in [0.29, 0.717) is 0 Å². The molecule has 4 rings (SSSR count). The molecular formula is C17H16N4. The van der Waals surface area contributed by atoms with Crippen molar-refractivity contribution in [3.63, 3.8) is 0 Å². The molecule has 0 aliphatic heterocycles. The molecule has 0 radical (unpaired) electrons. The number of anilines is 1. The predicted octanol–water partition coefficient (Wildman–Crippen LogP) is 3.14. The number of rotatable bonds is 2. The lowest BCUT2D eigenvalue weighted by Crippen LogP contribution is -2.04. The maximum Gasteiger partial charge on any atom is 0.224 e. The predicted molar refractivity (Wildman–Crippen MR) is 85.6 cm³/mol. The molecule has 0 atom stereocenters. The Balaban J connectivity index is 1.59. The van der Waals surface area contributed by atoms with E-state index in [9.17, 15) is 0 Å². The summed E-state index contributed by atoms with van der Waals surface area (Å²) < 4.78 is 2.03. The summed E-state index contributed by atoms with van der Waals surface area (Å²) in [5.41, 5.74) is 9.12. The molecule has 104 valence electrons. The van der Waals surface area contributed by atoms with Gasteiger partial charge in [-0.1, -0.05) is 36.4 Å². The SMILES string of the molecule is Cn1c(NN=C2Cc3ccccc3C2)nc2ccccc21. The van der Waals surface area contributed by atoms with Crippen molar-refractivity contribution in [2.45, 2.75) is 12.8 Å². The summed E-state index contributed by atoms with van der Waals surface area (Å²) >= 11 is 0. The third-order valence-corrected chi connectivity index (χ3v) is 4.01. The zero-order valence-corrected chi connectivity index (χ0v) is 11.9. The first-order chi connectivity index (χ1) is 10.3. The Morgan fingerprint density at radius 2 is 1.67 bits per heavy atom. The molecule has 4 heteroatoms. The van der Waals surface area contributed by atoms with Crippen LogP contribution in [0.2, 0.25) is 0 Å². The lowest BCUT2D eigenvalue weighted by molar-refractivity contribution is 0.941. The van der Waals surface area contributed by atoms with Gasteiger partial charge in [0.25, 0.3) is 0 Å². The van der Waals surface area contributed by atoms with Gasteiger partial charge in [0.15, 0.2) is 0 Å². The Hall–Kier alpha value is -2.62. The smallest absolute Gasteiger partial charge is 0.224 e. The fourth-order valence-electron chi connectivity index (χ4n) is 2.86. The van der Waals surface area contributed by atoms with Gasteiger partial charge in [0.05, 0.1) is 11.0 Å². The molecule has 1 N–H and O–H groups in total. The van der Waals surface area contributed by atoms with E-state index in [1.807, 2.05) is 29.8 Å². The first-order valence-electron chi connectivity index (χ1n) is 7.11. The fraction of sp³-hybridized carbons (Fsp3) is 0.176. The number of aryl methyl sites for hydroxylation is 1. The van der Waals surface area contributed by atoms with E-state index in [-0.39, 0.29) is 0 Å². The van der Waals surface area contributed by atoms with Gasteiger partial charge in [0.1, 0.15) is 0 Å². The van der Waals surface area contributed by atoms with E-state index in [2.05, 4.69) is 45.8 Å². The first kappa shape index (κ1) is 12.1. The van der Waals surface area contributed by atoms with Crippen LogP contribution in [0.3, 0.4) is 0 Å². The number of para-hydroxylation sites is 2. The second kappa shape index (κ2) is 4.74. The van der Waals surface area contributed by atoms with Gasteiger partial charge < -0.3 is 4.57 Å². The minimum atomic E-state index is 0.777. The average molecular weight is 276 g/mol. The molecular weight excluding hydrogens is 260 g/mol. The zero-order chi connectivity index (χ0) is 14.2. The van der Waals surface area contributed by atoms with Crippen LogP contribution in [0.5, 0.6) is 0 Å². The van der Waals surface area contributed by atoms with Crippen LogP contribution in [0, 0.1) is 0 Å². The lowest BCUT2D eigenvalue weighted by Gasteiger charge is -2.02. The molecule has 0 saturated carbocycles. The van der Waals surface area contributed by atoms with Gasteiger partial charge in [-0.05, 0) is 23.3 Å². The van der Waals surface area contributed by atoms with Crippen molar-refractivity contribution in [1.82, 2.24) is 9.55 Å². The third-order valence-electron chi connectivity index (χ3n) is 4.01. The quantitative estimate of drug-likeness (QED) is 0.731.